The van der Waals surface area contributed by atoms with Gasteiger partial charge in [0.25, 0.3) is 0 Å². The van der Waals surface area contributed by atoms with E-state index < -0.39 is 10.8 Å². The Hall–Kier alpha value is -17.5. The summed E-state index contributed by atoms with van der Waals surface area (Å²) < 4.78 is 17.7. The van der Waals surface area contributed by atoms with Crippen molar-refractivity contribution in [3.63, 3.8) is 0 Å². The number of imidazole rings is 2. The largest absolute Gasteiger partial charge is 0.464 e. The summed E-state index contributed by atoms with van der Waals surface area (Å²) in [5.74, 6) is 5.50. The Labute approximate surface area is 722 Å². The Bertz CT molecular complexity index is 8260. The first-order valence-corrected chi connectivity index (χ1v) is 41.9. The third kappa shape index (κ3) is 10.7. The van der Waals surface area contributed by atoms with E-state index in [1.54, 1.807) is 6.26 Å². The van der Waals surface area contributed by atoms with E-state index in [-0.39, 0.29) is 0 Å². The molecule has 4 aliphatic carbocycles. The molecule has 0 aliphatic heterocycles. The first-order valence-electron chi connectivity index (χ1n) is 41.9. The minimum absolute atomic E-state index is 0.442. The van der Waals surface area contributed by atoms with Crippen molar-refractivity contribution in [1.29, 1.82) is 10.5 Å². The number of rotatable bonds is 10. The molecule has 584 valence electrons. The highest BCUT2D eigenvalue weighted by molar-refractivity contribution is 6.11. The van der Waals surface area contributed by atoms with Crippen LogP contribution in [0.4, 0.5) is 0 Å². The number of fused-ring (bicyclic) bond motifs is 26. The van der Waals surface area contributed by atoms with Gasteiger partial charge >= 0.3 is 0 Å². The van der Waals surface area contributed by atoms with Crippen molar-refractivity contribution >= 4 is 44.0 Å². The first-order chi connectivity index (χ1) is 62.4. The first kappa shape index (κ1) is 71.5. The van der Waals surface area contributed by atoms with Crippen molar-refractivity contribution in [1.82, 2.24) is 49.0 Å². The minimum Gasteiger partial charge on any atom is -0.464 e. The summed E-state index contributed by atoms with van der Waals surface area (Å²) in [6.07, 6.45) is 1.77. The van der Waals surface area contributed by atoms with Crippen molar-refractivity contribution in [2.24, 2.45) is 0 Å². The summed E-state index contributed by atoms with van der Waals surface area (Å²) in [5.41, 5.74) is 31.5. The van der Waals surface area contributed by atoms with E-state index in [0.29, 0.717) is 63.0 Å². The predicted molar refractivity (Wildman–Crippen MR) is 494 cm³/mol. The van der Waals surface area contributed by atoms with Gasteiger partial charge < -0.3 is 8.83 Å². The molecule has 14 heteroatoms. The summed E-state index contributed by atoms with van der Waals surface area (Å²) in [6, 6.07) is 136. The number of hydrogen-bond acceptors (Lipinski definition) is 12. The Morgan fingerprint density at radius 3 is 1.10 bits per heavy atom. The molecule has 0 amide bonds. The fraction of sp³-hybridized carbons (Fsp3) is 0.0179. The van der Waals surface area contributed by atoms with Crippen molar-refractivity contribution in [2.75, 3.05) is 0 Å². The SMILES string of the molecule is N#Cc1ccc2c(c1)-c1c(ccc3oc(-c4nc(-c5ccccc5)nc(-c5ccccc5)n4)cc13)C21c2ccccc2-c2cc(-c3nc4ccccc4n3-c3ccccc3)ccc21.N#Cc1ccc2c(c1)-c1c(ccc3occ(-c4nc(-c5ccccc5)nc(-c5ccccc5)n4)c13)C21c2ccccc2-c2cc(-c3nc4ccccc4n3-c3ccccc3)ccc21. The number of nitrogens with zero attached hydrogens (tertiary/aromatic N) is 12. The summed E-state index contributed by atoms with van der Waals surface area (Å²) >= 11 is 0. The lowest BCUT2D eigenvalue weighted by Crippen LogP contribution is -2.25. The number of furan rings is 2. The van der Waals surface area contributed by atoms with E-state index in [2.05, 4.69) is 234 Å². The zero-order chi connectivity index (χ0) is 83.3. The molecule has 6 aromatic heterocycles. The topological polar surface area (TPSA) is 187 Å². The molecule has 0 saturated carbocycles. The van der Waals surface area contributed by atoms with Gasteiger partial charge in [0.05, 0.1) is 61.7 Å². The molecule has 0 N–H and O–H groups in total. The summed E-state index contributed by atoms with van der Waals surface area (Å²) in [5, 5.41) is 22.5. The van der Waals surface area contributed by atoms with Crippen molar-refractivity contribution < 1.29 is 8.83 Å². The Morgan fingerprint density at radius 1 is 0.262 bits per heavy atom. The second-order valence-electron chi connectivity index (χ2n) is 32.1. The maximum absolute atomic E-state index is 10.4. The molecule has 2 atom stereocenters. The molecular weight excluding hydrogens is 1550 g/mol. The van der Waals surface area contributed by atoms with Gasteiger partial charge in [0, 0.05) is 55.5 Å². The minimum atomic E-state index is -0.700. The number of nitriles is 2. The van der Waals surface area contributed by atoms with Crippen LogP contribution >= 0.6 is 0 Å². The van der Waals surface area contributed by atoms with Gasteiger partial charge in [-0.25, -0.2) is 39.9 Å². The number of benzene rings is 16. The van der Waals surface area contributed by atoms with E-state index in [9.17, 15) is 10.5 Å². The Morgan fingerprint density at radius 2 is 0.627 bits per heavy atom. The van der Waals surface area contributed by atoms with Gasteiger partial charge in [-0.2, -0.15) is 10.5 Å². The molecular formula is C112H64N12O2. The van der Waals surface area contributed by atoms with Crippen molar-refractivity contribution in [3.05, 3.63) is 444 Å². The predicted octanol–water partition coefficient (Wildman–Crippen LogP) is 25.7. The number of hydrogen-bond donors (Lipinski definition) is 0. The number of para-hydroxylation sites is 6. The molecule has 0 saturated heterocycles. The van der Waals surface area contributed by atoms with Gasteiger partial charge in [-0.1, -0.05) is 279 Å². The highest BCUT2D eigenvalue weighted by Gasteiger charge is 2.55. The van der Waals surface area contributed by atoms with Crippen LogP contribution in [0.3, 0.4) is 0 Å². The fourth-order valence-corrected chi connectivity index (χ4v) is 20.3. The van der Waals surface area contributed by atoms with Gasteiger partial charge in [-0.3, -0.25) is 9.13 Å². The van der Waals surface area contributed by atoms with E-state index >= 15 is 0 Å². The van der Waals surface area contributed by atoms with Gasteiger partial charge in [0.1, 0.15) is 29.1 Å². The zero-order valence-corrected chi connectivity index (χ0v) is 67.1. The second kappa shape index (κ2) is 28.1. The third-order valence-electron chi connectivity index (χ3n) is 25.5. The summed E-state index contributed by atoms with van der Waals surface area (Å²) in [7, 11) is 0. The van der Waals surface area contributed by atoms with Crippen molar-refractivity contribution in [2.45, 2.75) is 10.8 Å². The lowest BCUT2D eigenvalue weighted by Gasteiger charge is -2.30. The van der Waals surface area contributed by atoms with E-state index in [0.717, 1.165) is 156 Å². The van der Waals surface area contributed by atoms with E-state index in [1.807, 2.05) is 170 Å². The zero-order valence-electron chi connectivity index (χ0n) is 67.1. The van der Waals surface area contributed by atoms with Crippen LogP contribution < -0.4 is 0 Å². The van der Waals surface area contributed by atoms with Crippen LogP contribution in [0, 0.1) is 22.7 Å². The summed E-state index contributed by atoms with van der Waals surface area (Å²) in [6.45, 7) is 0. The average Bonchev–Trinajstić information content (AvgIpc) is 1.50. The van der Waals surface area contributed by atoms with Crippen LogP contribution in [0.5, 0.6) is 0 Å². The maximum Gasteiger partial charge on any atom is 0.199 e. The molecule has 6 heterocycles. The van der Waals surface area contributed by atoms with Crippen molar-refractivity contribution in [3.8, 4) is 159 Å². The monoisotopic (exact) mass is 1610 g/mol. The van der Waals surface area contributed by atoms with Crippen LogP contribution in [-0.4, -0.2) is 49.0 Å². The normalized spacial score (nSPS) is 14.4. The lowest BCUT2D eigenvalue weighted by molar-refractivity contribution is 0.616. The highest BCUT2D eigenvalue weighted by atomic mass is 16.3. The van der Waals surface area contributed by atoms with E-state index in [1.165, 1.54) is 27.8 Å². The van der Waals surface area contributed by atoms with Crippen LogP contribution in [0.15, 0.2) is 397 Å². The molecule has 26 rings (SSSR count). The smallest absolute Gasteiger partial charge is 0.199 e. The maximum atomic E-state index is 10.4. The molecule has 2 spiro atoms. The molecule has 4 aliphatic rings. The second-order valence-corrected chi connectivity index (χ2v) is 32.1. The lowest BCUT2D eigenvalue weighted by atomic mass is 9.70. The molecule has 14 nitrogen and oxygen atoms in total. The molecule has 16 aromatic carbocycles. The molecule has 0 radical (unpaired) electrons. The van der Waals surface area contributed by atoms with Gasteiger partial charge in [0.15, 0.2) is 40.7 Å². The molecule has 126 heavy (non-hydrogen) atoms. The molecule has 22 aromatic rings. The quantitative estimate of drug-likeness (QED) is 0.126. The average molecular weight is 1610 g/mol. The Balaban J connectivity index is 0.000000137. The van der Waals surface area contributed by atoms with Crippen LogP contribution in [-0.2, 0) is 10.8 Å². The Kier molecular flexibility index (Phi) is 15.9. The molecule has 2 unspecified atom stereocenters. The molecule has 0 fully saturated rings. The third-order valence-corrected chi connectivity index (χ3v) is 25.5. The van der Waals surface area contributed by atoms with Crippen LogP contribution in [0.25, 0.3) is 191 Å². The van der Waals surface area contributed by atoms with E-state index in [4.69, 9.17) is 48.7 Å². The highest BCUT2D eigenvalue weighted by Crippen LogP contribution is 2.67. The number of aromatic nitrogens is 10. The summed E-state index contributed by atoms with van der Waals surface area (Å²) in [4.78, 5) is 40.6. The van der Waals surface area contributed by atoms with Crippen LogP contribution in [0.2, 0.25) is 0 Å². The van der Waals surface area contributed by atoms with Gasteiger partial charge in [0.2, 0.25) is 0 Å². The van der Waals surface area contributed by atoms with Gasteiger partial charge in [-0.15, -0.1) is 0 Å². The molecule has 0 bridgehead atoms. The standard InChI is InChI=1S/2C56H32N6O/c57-33-34-24-26-45-41(30-34)51-42-32-50(54-60-52(35-14-4-1-5-15-35)59-53(61-54)36-16-6-2-7-17-36)63-49(42)29-28-46(51)56(45)43-21-11-10-20-39(43)40-31-37(25-27-44(40)56)55-58-47-22-12-13-23-48(47)62(55)38-18-8-3-9-19-38;57-32-34-24-26-45-41(30-34)50-46(28-29-49-51(50)42(33-63-49)54-60-52(35-14-4-1-5-15-35)59-53(61-54)36-16-6-2-7-17-36)56(45)43-21-11-10-20-39(43)40-31-37(25-27-44(40)56)55-58-47-22-12-13-23-48(47)62(55)38-18-8-3-9-19-38/h1-32H;1-31,33H. The van der Waals surface area contributed by atoms with Gasteiger partial charge in [-0.05, 0) is 192 Å². The van der Waals surface area contributed by atoms with Crippen LogP contribution in [0.1, 0.15) is 55.6 Å². The fourth-order valence-electron chi connectivity index (χ4n) is 20.3.